The molecule has 1 aromatic heterocycles. The molecule has 2 aromatic rings. The van der Waals surface area contributed by atoms with Crippen LogP contribution >= 0.6 is 34.8 Å². The molecule has 1 heterocycles. The van der Waals surface area contributed by atoms with Crippen molar-refractivity contribution < 1.29 is 4.79 Å². The van der Waals surface area contributed by atoms with Gasteiger partial charge < -0.3 is 4.90 Å². The minimum atomic E-state index is -0.177. The van der Waals surface area contributed by atoms with Crippen LogP contribution in [0.15, 0.2) is 36.5 Å². The fraction of sp³-hybridized carbons (Fsp3) is 0.200. The molecular formula is C15H13Cl3N2O. The highest BCUT2D eigenvalue weighted by atomic mass is 35.5. The van der Waals surface area contributed by atoms with E-state index in [-0.39, 0.29) is 22.1 Å². The summed E-state index contributed by atoms with van der Waals surface area (Å²) in [6.45, 7) is 1.94. The van der Waals surface area contributed by atoms with Crippen molar-refractivity contribution >= 4 is 40.7 Å². The van der Waals surface area contributed by atoms with Gasteiger partial charge in [-0.15, -0.1) is 0 Å². The summed E-state index contributed by atoms with van der Waals surface area (Å²) in [6.07, 6.45) is 1.42. The van der Waals surface area contributed by atoms with Crippen molar-refractivity contribution in [3.05, 3.63) is 62.9 Å². The zero-order chi connectivity index (χ0) is 15.6. The second-order valence-corrected chi connectivity index (χ2v) is 5.84. The highest BCUT2D eigenvalue weighted by Crippen LogP contribution is 2.24. The summed E-state index contributed by atoms with van der Waals surface area (Å²) in [5, 5.41) is 1.10. The molecule has 0 fully saturated rings. The van der Waals surface area contributed by atoms with Crippen LogP contribution in [0.5, 0.6) is 0 Å². The van der Waals surface area contributed by atoms with E-state index in [9.17, 15) is 4.79 Å². The maximum absolute atomic E-state index is 12.4. The molecule has 1 atom stereocenters. The number of hydrogen-bond donors (Lipinski definition) is 0. The van der Waals surface area contributed by atoms with Crippen molar-refractivity contribution in [2.75, 3.05) is 7.05 Å². The van der Waals surface area contributed by atoms with Crippen LogP contribution in [0.25, 0.3) is 0 Å². The molecule has 0 aliphatic rings. The van der Waals surface area contributed by atoms with E-state index in [4.69, 9.17) is 34.8 Å². The number of carbonyl (C=O) groups is 1. The van der Waals surface area contributed by atoms with Crippen LogP contribution in [-0.2, 0) is 0 Å². The Bertz CT molecular complexity index is 658. The van der Waals surface area contributed by atoms with Crippen LogP contribution in [0.4, 0.5) is 0 Å². The molecule has 110 valence electrons. The maximum Gasteiger partial charge on any atom is 0.255 e. The zero-order valence-electron chi connectivity index (χ0n) is 11.5. The SMILES string of the molecule is CC(c1ccc(Cl)cc1)N(C)C(=O)c1cnc(Cl)c(Cl)c1. The van der Waals surface area contributed by atoms with E-state index in [1.54, 1.807) is 24.1 Å². The Balaban J connectivity index is 2.21. The molecule has 3 nitrogen and oxygen atoms in total. The van der Waals surface area contributed by atoms with E-state index in [0.29, 0.717) is 10.6 Å². The van der Waals surface area contributed by atoms with Gasteiger partial charge in [0, 0.05) is 18.3 Å². The van der Waals surface area contributed by atoms with E-state index in [1.165, 1.54) is 12.3 Å². The maximum atomic E-state index is 12.4. The molecule has 1 amide bonds. The average molecular weight is 344 g/mol. The summed E-state index contributed by atoms with van der Waals surface area (Å²) in [6, 6.07) is 8.79. The second kappa shape index (κ2) is 6.65. The van der Waals surface area contributed by atoms with E-state index in [2.05, 4.69) is 4.98 Å². The molecule has 0 N–H and O–H groups in total. The quantitative estimate of drug-likeness (QED) is 0.745. The molecule has 2 rings (SSSR count). The molecule has 1 aromatic carbocycles. The van der Waals surface area contributed by atoms with Gasteiger partial charge in [0.05, 0.1) is 16.6 Å². The lowest BCUT2D eigenvalue weighted by Gasteiger charge is -2.25. The summed E-state index contributed by atoms with van der Waals surface area (Å²) in [5.74, 6) is -0.177. The first-order chi connectivity index (χ1) is 9.90. The smallest absolute Gasteiger partial charge is 0.255 e. The van der Waals surface area contributed by atoms with Crippen molar-refractivity contribution in [3.63, 3.8) is 0 Å². The minimum absolute atomic E-state index is 0.107. The lowest BCUT2D eigenvalue weighted by atomic mass is 10.1. The van der Waals surface area contributed by atoms with Gasteiger partial charge in [-0.2, -0.15) is 0 Å². The van der Waals surface area contributed by atoms with E-state index < -0.39 is 0 Å². The highest BCUT2D eigenvalue weighted by molar-refractivity contribution is 6.41. The van der Waals surface area contributed by atoms with E-state index >= 15 is 0 Å². The number of hydrogen-bond acceptors (Lipinski definition) is 2. The fourth-order valence-corrected chi connectivity index (χ4v) is 2.28. The highest BCUT2D eigenvalue weighted by Gasteiger charge is 2.20. The standard InChI is InChI=1S/C15H13Cl3N2O/c1-9(10-3-5-12(16)6-4-10)20(2)15(21)11-7-13(17)14(18)19-8-11/h3-9H,1-2H3. The van der Waals surface area contributed by atoms with Gasteiger partial charge >= 0.3 is 0 Å². The first kappa shape index (κ1) is 16.1. The third-order valence-corrected chi connectivity index (χ3v) is 4.23. The topological polar surface area (TPSA) is 33.2 Å². The number of aromatic nitrogens is 1. The van der Waals surface area contributed by atoms with E-state index in [1.807, 2.05) is 19.1 Å². The van der Waals surface area contributed by atoms with Crippen LogP contribution in [0.3, 0.4) is 0 Å². The molecule has 0 aliphatic carbocycles. The number of nitrogens with zero attached hydrogens (tertiary/aromatic N) is 2. The first-order valence-corrected chi connectivity index (χ1v) is 7.37. The Hall–Kier alpha value is -1.29. The van der Waals surface area contributed by atoms with Gasteiger partial charge in [-0.25, -0.2) is 4.98 Å². The van der Waals surface area contributed by atoms with Crippen LogP contribution in [0, 0.1) is 0 Å². The number of rotatable bonds is 3. The second-order valence-electron chi connectivity index (χ2n) is 4.64. The molecule has 21 heavy (non-hydrogen) atoms. The predicted octanol–water partition coefficient (Wildman–Crippen LogP) is 4.88. The van der Waals surface area contributed by atoms with Crippen LogP contribution in [-0.4, -0.2) is 22.8 Å². The molecule has 0 saturated heterocycles. The Labute approximate surface area is 138 Å². The number of halogens is 3. The Morgan fingerprint density at radius 3 is 2.38 bits per heavy atom. The van der Waals surface area contributed by atoms with Gasteiger partial charge in [-0.1, -0.05) is 46.9 Å². The van der Waals surface area contributed by atoms with Crippen LogP contribution in [0.2, 0.25) is 15.2 Å². The lowest BCUT2D eigenvalue weighted by Crippen LogP contribution is -2.29. The number of pyridine rings is 1. The van der Waals surface area contributed by atoms with Crippen molar-refractivity contribution in [3.8, 4) is 0 Å². The zero-order valence-corrected chi connectivity index (χ0v) is 13.7. The van der Waals surface area contributed by atoms with Crippen LogP contribution < -0.4 is 0 Å². The molecular weight excluding hydrogens is 331 g/mol. The summed E-state index contributed by atoms with van der Waals surface area (Å²) >= 11 is 17.5. The Morgan fingerprint density at radius 2 is 1.81 bits per heavy atom. The summed E-state index contributed by atoms with van der Waals surface area (Å²) in [7, 11) is 1.73. The summed E-state index contributed by atoms with van der Waals surface area (Å²) in [5.41, 5.74) is 1.39. The normalized spacial score (nSPS) is 12.0. The third-order valence-electron chi connectivity index (χ3n) is 3.30. The number of benzene rings is 1. The Kier molecular flexibility index (Phi) is 5.09. The predicted molar refractivity (Wildman–Crippen MR) is 86.2 cm³/mol. The molecule has 0 radical (unpaired) electrons. The van der Waals surface area contributed by atoms with Gasteiger partial charge in [0.15, 0.2) is 0 Å². The number of amides is 1. The van der Waals surface area contributed by atoms with Gasteiger partial charge in [0.2, 0.25) is 0 Å². The largest absolute Gasteiger partial charge is 0.335 e. The molecule has 1 unspecified atom stereocenters. The van der Waals surface area contributed by atoms with E-state index in [0.717, 1.165) is 5.56 Å². The molecule has 0 bridgehead atoms. The van der Waals surface area contributed by atoms with Gasteiger partial charge in [0.1, 0.15) is 5.15 Å². The summed E-state index contributed by atoms with van der Waals surface area (Å²) < 4.78 is 0. The average Bonchev–Trinajstić information content (AvgIpc) is 2.48. The van der Waals surface area contributed by atoms with Crippen molar-refractivity contribution in [1.82, 2.24) is 9.88 Å². The first-order valence-electron chi connectivity index (χ1n) is 6.24. The van der Waals surface area contributed by atoms with Crippen molar-refractivity contribution in [2.45, 2.75) is 13.0 Å². The lowest BCUT2D eigenvalue weighted by molar-refractivity contribution is 0.0742. The molecule has 0 aliphatic heterocycles. The molecule has 6 heteroatoms. The molecule has 0 spiro atoms. The monoisotopic (exact) mass is 342 g/mol. The number of carbonyl (C=O) groups excluding carboxylic acids is 1. The van der Waals surface area contributed by atoms with Gasteiger partial charge in [-0.05, 0) is 30.7 Å². The van der Waals surface area contributed by atoms with Crippen molar-refractivity contribution in [1.29, 1.82) is 0 Å². The third kappa shape index (κ3) is 3.67. The Morgan fingerprint density at radius 1 is 1.19 bits per heavy atom. The van der Waals surface area contributed by atoms with Crippen LogP contribution in [0.1, 0.15) is 28.9 Å². The molecule has 0 saturated carbocycles. The van der Waals surface area contributed by atoms with Gasteiger partial charge in [-0.3, -0.25) is 4.79 Å². The van der Waals surface area contributed by atoms with Gasteiger partial charge in [0.25, 0.3) is 5.91 Å². The summed E-state index contributed by atoms with van der Waals surface area (Å²) in [4.78, 5) is 18.0. The van der Waals surface area contributed by atoms with Crippen molar-refractivity contribution in [2.24, 2.45) is 0 Å². The fourth-order valence-electron chi connectivity index (χ4n) is 1.88. The minimum Gasteiger partial charge on any atom is -0.335 e.